The first kappa shape index (κ1) is 24.3. The van der Waals surface area contributed by atoms with Crippen molar-refractivity contribution < 1.29 is 23.4 Å². The summed E-state index contributed by atoms with van der Waals surface area (Å²) in [5.41, 5.74) is 1.42. The fourth-order valence-electron chi connectivity index (χ4n) is 4.33. The van der Waals surface area contributed by atoms with Gasteiger partial charge in [0.05, 0.1) is 24.4 Å². The second kappa shape index (κ2) is 11.5. The van der Waals surface area contributed by atoms with Crippen molar-refractivity contribution in [2.75, 3.05) is 33.0 Å². The monoisotopic (exact) mass is 477 g/mol. The summed E-state index contributed by atoms with van der Waals surface area (Å²) < 4.78 is 31.4. The van der Waals surface area contributed by atoms with E-state index >= 15 is 0 Å². The second-order valence-corrected chi connectivity index (χ2v) is 8.34. The van der Waals surface area contributed by atoms with Crippen molar-refractivity contribution in [1.29, 1.82) is 0 Å². The van der Waals surface area contributed by atoms with Crippen LogP contribution in [0.25, 0.3) is 0 Å². The number of benzene rings is 2. The molecule has 4 rings (SSSR count). The van der Waals surface area contributed by atoms with Crippen LogP contribution in [0.15, 0.2) is 53.5 Å². The average molecular weight is 478 g/mol. The number of aliphatic imine (C=N–C) groups is 1. The number of ether oxygens (including phenoxy) is 3. The number of rotatable bonds is 8. The minimum absolute atomic E-state index is 0.00277. The molecule has 2 aromatic carbocycles. The predicted octanol–water partition coefficient (Wildman–Crippen LogP) is 3.66. The standard InChI is InChI=1S/C27H28FN3O4/c1-3-5-20(30-4-2)15-31-27(32)23-12-18(6-8-24(23)28)22-10-11-29-14-19(22)16-33-21-7-9-25-26(13-21)35-17-34-25/h2-3,5-9,12-13,19,22,29H,10-11,14-17H2,1H3,(H,31,32)/b5-3-,30-20?/t19-,22-/m0/s1. The topological polar surface area (TPSA) is 81.2 Å². The molecule has 2 N–H and O–H groups in total. The van der Waals surface area contributed by atoms with Crippen LogP contribution in [0.5, 0.6) is 17.2 Å². The Bertz CT molecular complexity index is 1170. The first-order chi connectivity index (χ1) is 17.1. The minimum atomic E-state index is -0.574. The first-order valence-electron chi connectivity index (χ1n) is 11.5. The highest BCUT2D eigenvalue weighted by molar-refractivity contribution is 6.02. The lowest BCUT2D eigenvalue weighted by molar-refractivity contribution is 0.0955. The number of allylic oxidation sites excluding steroid dienone is 1. The van der Waals surface area contributed by atoms with Crippen molar-refractivity contribution in [2.24, 2.45) is 10.9 Å². The van der Waals surface area contributed by atoms with Crippen LogP contribution >= 0.6 is 0 Å². The van der Waals surface area contributed by atoms with Crippen LogP contribution < -0.4 is 24.8 Å². The number of carbonyl (C=O) groups is 1. The highest BCUT2D eigenvalue weighted by Gasteiger charge is 2.28. The zero-order chi connectivity index (χ0) is 24.6. The van der Waals surface area contributed by atoms with Gasteiger partial charge in [-0.05, 0) is 61.7 Å². The Labute approximate surface area is 204 Å². The molecule has 7 nitrogen and oxygen atoms in total. The molecule has 2 aliphatic heterocycles. The number of nitrogens with one attached hydrogen (secondary N) is 2. The molecule has 2 aliphatic rings. The van der Waals surface area contributed by atoms with Crippen molar-refractivity contribution >= 4 is 11.6 Å². The van der Waals surface area contributed by atoms with E-state index in [2.05, 4.69) is 21.7 Å². The Hall–Kier alpha value is -3.83. The van der Waals surface area contributed by atoms with Gasteiger partial charge in [0.25, 0.3) is 5.91 Å². The molecule has 0 bridgehead atoms. The molecule has 8 heteroatoms. The number of nitrogens with zero attached hydrogens (tertiary/aromatic N) is 1. The molecule has 0 aromatic heterocycles. The number of carbonyl (C=O) groups excluding carboxylic acids is 1. The summed E-state index contributed by atoms with van der Waals surface area (Å²) in [6.45, 7) is 4.19. The van der Waals surface area contributed by atoms with Crippen LogP contribution in [0, 0.1) is 24.2 Å². The molecule has 0 unspecified atom stereocenters. The van der Waals surface area contributed by atoms with Gasteiger partial charge in [-0.25, -0.2) is 9.38 Å². The molecule has 2 aromatic rings. The zero-order valence-electron chi connectivity index (χ0n) is 19.6. The van der Waals surface area contributed by atoms with E-state index in [9.17, 15) is 9.18 Å². The highest BCUT2D eigenvalue weighted by Crippen LogP contribution is 2.36. The van der Waals surface area contributed by atoms with Gasteiger partial charge in [-0.2, -0.15) is 0 Å². The van der Waals surface area contributed by atoms with E-state index in [4.69, 9.17) is 20.6 Å². The van der Waals surface area contributed by atoms with E-state index in [0.29, 0.717) is 29.6 Å². The van der Waals surface area contributed by atoms with Crippen LogP contribution in [0.1, 0.15) is 35.2 Å². The van der Waals surface area contributed by atoms with Gasteiger partial charge in [-0.3, -0.25) is 4.79 Å². The molecule has 2 atom stereocenters. The third-order valence-corrected chi connectivity index (χ3v) is 6.08. The van der Waals surface area contributed by atoms with Crippen molar-refractivity contribution in [1.82, 2.24) is 10.6 Å². The van der Waals surface area contributed by atoms with Gasteiger partial charge in [0.2, 0.25) is 6.79 Å². The number of amides is 1. The minimum Gasteiger partial charge on any atom is -0.493 e. The number of piperidine rings is 1. The molecule has 1 saturated heterocycles. The van der Waals surface area contributed by atoms with Crippen molar-refractivity contribution in [3.63, 3.8) is 0 Å². The fraction of sp³-hybridized carbons (Fsp3) is 0.333. The molecule has 0 spiro atoms. The van der Waals surface area contributed by atoms with Crippen LogP contribution in [-0.4, -0.2) is 44.7 Å². The normalized spacial score (nSPS) is 19.4. The largest absolute Gasteiger partial charge is 0.493 e. The summed E-state index contributed by atoms with van der Waals surface area (Å²) in [4.78, 5) is 16.6. The number of hydrogen-bond donors (Lipinski definition) is 2. The number of halogens is 1. The first-order valence-corrected chi connectivity index (χ1v) is 11.5. The van der Waals surface area contributed by atoms with Crippen molar-refractivity contribution in [2.45, 2.75) is 19.3 Å². The van der Waals surface area contributed by atoms with Crippen LogP contribution in [-0.2, 0) is 0 Å². The molecule has 0 aliphatic carbocycles. The third kappa shape index (κ3) is 6.00. The van der Waals surface area contributed by atoms with E-state index in [1.165, 1.54) is 6.07 Å². The number of terminal acetylenes is 1. The van der Waals surface area contributed by atoms with E-state index in [1.54, 1.807) is 24.3 Å². The average Bonchev–Trinajstić information content (AvgIpc) is 3.35. The Balaban J connectivity index is 1.45. The van der Waals surface area contributed by atoms with E-state index in [0.717, 1.165) is 25.1 Å². The molecule has 35 heavy (non-hydrogen) atoms. The lowest BCUT2D eigenvalue weighted by Gasteiger charge is -2.32. The molecular formula is C27H28FN3O4. The van der Waals surface area contributed by atoms with Crippen LogP contribution in [0.3, 0.4) is 0 Å². The summed E-state index contributed by atoms with van der Waals surface area (Å²) in [5.74, 6) is 1.23. The van der Waals surface area contributed by atoms with Gasteiger partial charge < -0.3 is 24.8 Å². The summed E-state index contributed by atoms with van der Waals surface area (Å²) in [5, 5.41) is 6.11. The maximum Gasteiger partial charge on any atom is 0.254 e. The van der Waals surface area contributed by atoms with E-state index in [1.807, 2.05) is 25.1 Å². The van der Waals surface area contributed by atoms with Gasteiger partial charge in [0.15, 0.2) is 11.5 Å². The Morgan fingerprint density at radius 3 is 3.00 bits per heavy atom. The highest BCUT2D eigenvalue weighted by atomic mass is 19.1. The van der Waals surface area contributed by atoms with E-state index < -0.39 is 11.7 Å². The van der Waals surface area contributed by atoms with Crippen molar-refractivity contribution in [3.05, 3.63) is 65.5 Å². The molecule has 0 radical (unpaired) electrons. The maximum atomic E-state index is 14.6. The summed E-state index contributed by atoms with van der Waals surface area (Å²) in [7, 11) is 0. The SMILES string of the molecule is C#CN=C(/C=C\C)CNC(=O)c1cc([C@@H]2CCNC[C@H]2COc2ccc3c(c2)OCO3)ccc1F. The fourth-order valence-corrected chi connectivity index (χ4v) is 4.33. The predicted molar refractivity (Wildman–Crippen MR) is 132 cm³/mol. The maximum absolute atomic E-state index is 14.6. The number of fused-ring (bicyclic) bond motifs is 1. The van der Waals surface area contributed by atoms with Crippen molar-refractivity contribution in [3.8, 4) is 29.7 Å². The Kier molecular flexibility index (Phi) is 8.01. The third-order valence-electron chi connectivity index (χ3n) is 6.08. The lowest BCUT2D eigenvalue weighted by Crippen LogP contribution is -2.38. The molecule has 1 amide bonds. The van der Waals surface area contributed by atoms with Gasteiger partial charge in [0, 0.05) is 24.6 Å². The smallest absolute Gasteiger partial charge is 0.254 e. The molecule has 1 fully saturated rings. The molecular weight excluding hydrogens is 449 g/mol. The van der Waals surface area contributed by atoms with Gasteiger partial charge >= 0.3 is 0 Å². The zero-order valence-corrected chi connectivity index (χ0v) is 19.6. The summed E-state index contributed by atoms with van der Waals surface area (Å²) >= 11 is 0. The molecule has 0 saturated carbocycles. The summed E-state index contributed by atoms with van der Waals surface area (Å²) in [6, 6.07) is 12.4. The van der Waals surface area contributed by atoms with Gasteiger partial charge in [0.1, 0.15) is 11.6 Å². The van der Waals surface area contributed by atoms with Crippen LogP contribution in [0.4, 0.5) is 4.39 Å². The second-order valence-electron chi connectivity index (χ2n) is 8.34. The van der Waals surface area contributed by atoms with E-state index in [-0.39, 0.29) is 30.7 Å². The summed E-state index contributed by atoms with van der Waals surface area (Å²) in [6.07, 6.45) is 9.55. The van der Waals surface area contributed by atoms with Gasteiger partial charge in [-0.1, -0.05) is 18.6 Å². The quantitative estimate of drug-likeness (QED) is 0.448. The lowest BCUT2D eigenvalue weighted by atomic mass is 9.81. The van der Waals surface area contributed by atoms with Crippen LogP contribution in [0.2, 0.25) is 0 Å². The van der Waals surface area contributed by atoms with Gasteiger partial charge in [-0.15, -0.1) is 0 Å². The Morgan fingerprint density at radius 1 is 1.31 bits per heavy atom. The Morgan fingerprint density at radius 2 is 2.17 bits per heavy atom. The molecule has 2 heterocycles. The molecule has 182 valence electrons. The number of hydrogen-bond acceptors (Lipinski definition) is 6.